The first kappa shape index (κ1) is 13.6. The van der Waals surface area contributed by atoms with Gasteiger partial charge in [0.05, 0.1) is 12.0 Å². The molecule has 0 radical (unpaired) electrons. The van der Waals surface area contributed by atoms with Crippen LogP contribution in [-0.2, 0) is 11.2 Å². The fourth-order valence-electron chi connectivity index (χ4n) is 2.59. The maximum absolute atomic E-state index is 12.1. The van der Waals surface area contributed by atoms with Gasteiger partial charge in [0.15, 0.2) is 0 Å². The predicted octanol–water partition coefficient (Wildman–Crippen LogP) is 2.69. The first-order chi connectivity index (χ1) is 9.19. The highest BCUT2D eigenvalue weighted by Crippen LogP contribution is 2.17. The number of nitrogens with zero attached hydrogens (tertiary/aromatic N) is 2. The molecule has 1 heterocycles. The van der Waals surface area contributed by atoms with Crippen molar-refractivity contribution < 1.29 is 4.79 Å². The molecule has 1 atom stereocenters. The molecule has 1 fully saturated rings. The van der Waals surface area contributed by atoms with Crippen molar-refractivity contribution in [3.8, 4) is 6.07 Å². The number of aryl methyl sites for hydroxylation is 2. The third kappa shape index (κ3) is 3.82. The number of likely N-dealkylation sites (tertiary alicyclic amines) is 1. The van der Waals surface area contributed by atoms with Gasteiger partial charge in [-0.1, -0.05) is 29.8 Å². The summed E-state index contributed by atoms with van der Waals surface area (Å²) in [6.45, 7) is 3.49. The van der Waals surface area contributed by atoms with Crippen LogP contribution < -0.4 is 0 Å². The average Bonchev–Trinajstić information content (AvgIpc) is 2.45. The van der Waals surface area contributed by atoms with Gasteiger partial charge in [-0.15, -0.1) is 0 Å². The molecule has 0 spiro atoms. The van der Waals surface area contributed by atoms with E-state index in [4.69, 9.17) is 5.26 Å². The van der Waals surface area contributed by atoms with Crippen LogP contribution in [0.2, 0.25) is 0 Å². The van der Waals surface area contributed by atoms with Crippen LogP contribution in [0.5, 0.6) is 0 Å². The van der Waals surface area contributed by atoms with E-state index in [2.05, 4.69) is 31.2 Å². The SMILES string of the molecule is Cc1cccc(CCC(=O)N2CCCC(C#N)C2)c1. The lowest BCUT2D eigenvalue weighted by Crippen LogP contribution is -2.39. The number of hydrogen-bond donors (Lipinski definition) is 0. The van der Waals surface area contributed by atoms with E-state index in [1.807, 2.05) is 11.0 Å². The van der Waals surface area contributed by atoms with E-state index in [0.29, 0.717) is 13.0 Å². The van der Waals surface area contributed by atoms with Crippen LogP contribution in [0.3, 0.4) is 0 Å². The fraction of sp³-hybridized carbons (Fsp3) is 0.500. The maximum Gasteiger partial charge on any atom is 0.222 e. The average molecular weight is 256 g/mol. The molecule has 0 aliphatic carbocycles. The number of hydrogen-bond acceptors (Lipinski definition) is 2. The Labute approximate surface area is 114 Å². The molecule has 1 aliphatic heterocycles. The van der Waals surface area contributed by atoms with Gasteiger partial charge in [0, 0.05) is 19.5 Å². The normalized spacial score (nSPS) is 18.9. The van der Waals surface area contributed by atoms with Crippen LogP contribution in [-0.4, -0.2) is 23.9 Å². The molecule has 1 amide bonds. The van der Waals surface area contributed by atoms with E-state index in [1.165, 1.54) is 11.1 Å². The molecule has 3 nitrogen and oxygen atoms in total. The van der Waals surface area contributed by atoms with Crippen molar-refractivity contribution in [3.63, 3.8) is 0 Å². The Hall–Kier alpha value is -1.82. The Bertz CT molecular complexity index is 490. The fourth-order valence-corrected chi connectivity index (χ4v) is 2.59. The van der Waals surface area contributed by atoms with Gasteiger partial charge in [0.2, 0.25) is 5.91 Å². The highest BCUT2D eigenvalue weighted by molar-refractivity contribution is 5.76. The molecule has 1 saturated heterocycles. The topological polar surface area (TPSA) is 44.1 Å². The summed E-state index contributed by atoms with van der Waals surface area (Å²) in [7, 11) is 0. The van der Waals surface area contributed by atoms with Gasteiger partial charge in [-0.05, 0) is 31.7 Å². The zero-order valence-electron chi connectivity index (χ0n) is 11.4. The minimum absolute atomic E-state index is 0.0247. The zero-order chi connectivity index (χ0) is 13.7. The van der Waals surface area contributed by atoms with Gasteiger partial charge in [-0.2, -0.15) is 5.26 Å². The molecule has 0 bridgehead atoms. The van der Waals surface area contributed by atoms with Gasteiger partial charge < -0.3 is 4.90 Å². The van der Waals surface area contributed by atoms with E-state index in [9.17, 15) is 4.79 Å². The maximum atomic E-state index is 12.1. The minimum atomic E-state index is 0.0247. The summed E-state index contributed by atoms with van der Waals surface area (Å²) < 4.78 is 0. The standard InChI is InChI=1S/C16H20N2O/c1-13-4-2-5-14(10-13)7-8-16(19)18-9-3-6-15(11-17)12-18/h2,4-5,10,15H,3,6-9,12H2,1H3. The van der Waals surface area contributed by atoms with Gasteiger partial charge in [-0.25, -0.2) is 0 Å². The molecule has 1 aromatic rings. The molecule has 0 N–H and O–H groups in total. The van der Waals surface area contributed by atoms with Crippen LogP contribution >= 0.6 is 0 Å². The van der Waals surface area contributed by atoms with Crippen LogP contribution in [0.25, 0.3) is 0 Å². The van der Waals surface area contributed by atoms with E-state index in [1.54, 1.807) is 0 Å². The molecule has 19 heavy (non-hydrogen) atoms. The molecule has 0 saturated carbocycles. The molecule has 0 aromatic heterocycles. The summed E-state index contributed by atoms with van der Waals surface area (Å²) >= 11 is 0. The smallest absolute Gasteiger partial charge is 0.222 e. The van der Waals surface area contributed by atoms with E-state index in [-0.39, 0.29) is 11.8 Å². The summed E-state index contributed by atoms with van der Waals surface area (Å²) in [5.41, 5.74) is 2.44. The van der Waals surface area contributed by atoms with E-state index < -0.39 is 0 Å². The lowest BCUT2D eigenvalue weighted by atomic mass is 9.99. The number of rotatable bonds is 3. The monoisotopic (exact) mass is 256 g/mol. The number of carbonyl (C=O) groups excluding carboxylic acids is 1. The highest BCUT2D eigenvalue weighted by atomic mass is 16.2. The summed E-state index contributed by atoms with van der Waals surface area (Å²) in [6, 6.07) is 10.6. The van der Waals surface area contributed by atoms with Crippen LogP contribution in [0.4, 0.5) is 0 Å². The molecular weight excluding hydrogens is 236 g/mol. The Balaban J connectivity index is 1.86. The summed E-state index contributed by atoms with van der Waals surface area (Å²) in [4.78, 5) is 14.0. The van der Waals surface area contributed by atoms with Crippen molar-refractivity contribution in [2.24, 2.45) is 5.92 Å². The van der Waals surface area contributed by atoms with Crippen LogP contribution in [0.15, 0.2) is 24.3 Å². The van der Waals surface area contributed by atoms with Gasteiger partial charge >= 0.3 is 0 Å². The van der Waals surface area contributed by atoms with Gasteiger partial charge in [-0.3, -0.25) is 4.79 Å². The Morgan fingerprint density at radius 2 is 2.37 bits per heavy atom. The molecule has 1 unspecified atom stereocenters. The largest absolute Gasteiger partial charge is 0.341 e. The second-order valence-electron chi connectivity index (χ2n) is 5.30. The molecule has 1 aromatic carbocycles. The van der Waals surface area contributed by atoms with Gasteiger partial charge in [0.1, 0.15) is 0 Å². The minimum Gasteiger partial charge on any atom is -0.341 e. The van der Waals surface area contributed by atoms with Crippen molar-refractivity contribution in [2.45, 2.75) is 32.6 Å². The molecule has 100 valence electrons. The Morgan fingerprint density at radius 3 is 3.11 bits per heavy atom. The second-order valence-corrected chi connectivity index (χ2v) is 5.30. The van der Waals surface area contributed by atoms with Crippen molar-refractivity contribution in [2.75, 3.05) is 13.1 Å². The predicted molar refractivity (Wildman–Crippen MR) is 74.4 cm³/mol. The Kier molecular flexibility index (Phi) is 4.57. The molecular formula is C16H20N2O. The number of amides is 1. The third-order valence-electron chi connectivity index (χ3n) is 3.67. The van der Waals surface area contributed by atoms with Crippen molar-refractivity contribution in [1.82, 2.24) is 4.90 Å². The zero-order valence-corrected chi connectivity index (χ0v) is 11.4. The number of benzene rings is 1. The number of carbonyl (C=O) groups is 1. The van der Waals surface area contributed by atoms with Crippen LogP contribution in [0.1, 0.15) is 30.4 Å². The summed E-state index contributed by atoms with van der Waals surface area (Å²) in [6.07, 6.45) is 3.21. The summed E-state index contributed by atoms with van der Waals surface area (Å²) in [5.74, 6) is 0.207. The number of piperidine rings is 1. The number of nitriles is 1. The summed E-state index contributed by atoms with van der Waals surface area (Å²) in [5, 5.41) is 8.94. The van der Waals surface area contributed by atoms with Crippen molar-refractivity contribution in [3.05, 3.63) is 35.4 Å². The molecule has 2 rings (SSSR count). The van der Waals surface area contributed by atoms with Crippen molar-refractivity contribution in [1.29, 1.82) is 5.26 Å². The van der Waals surface area contributed by atoms with Gasteiger partial charge in [0.25, 0.3) is 0 Å². The second kappa shape index (κ2) is 6.38. The quantitative estimate of drug-likeness (QED) is 0.834. The van der Waals surface area contributed by atoms with Crippen LogP contribution in [0, 0.1) is 24.2 Å². The first-order valence-electron chi connectivity index (χ1n) is 6.92. The Morgan fingerprint density at radius 1 is 1.53 bits per heavy atom. The lowest BCUT2D eigenvalue weighted by Gasteiger charge is -2.29. The van der Waals surface area contributed by atoms with Crippen molar-refractivity contribution >= 4 is 5.91 Å². The van der Waals surface area contributed by atoms with E-state index in [0.717, 1.165) is 25.8 Å². The lowest BCUT2D eigenvalue weighted by molar-refractivity contribution is -0.132. The molecule has 3 heteroatoms. The third-order valence-corrected chi connectivity index (χ3v) is 3.67. The first-order valence-corrected chi connectivity index (χ1v) is 6.92. The molecule has 1 aliphatic rings. The van der Waals surface area contributed by atoms with E-state index >= 15 is 0 Å². The highest BCUT2D eigenvalue weighted by Gasteiger charge is 2.22.